The average molecular weight is 228 g/mol. The first-order valence-corrected chi connectivity index (χ1v) is 4.18. The fourth-order valence-corrected chi connectivity index (χ4v) is 1.53. The van der Waals surface area contributed by atoms with Crippen molar-refractivity contribution < 1.29 is 9.15 Å². The highest BCUT2D eigenvalue weighted by Gasteiger charge is 2.09. The SMILES string of the molecule is COc1nccc2occ(Br)c12. The van der Waals surface area contributed by atoms with Crippen LogP contribution in [0.1, 0.15) is 0 Å². The molecule has 0 aliphatic carbocycles. The van der Waals surface area contributed by atoms with Crippen molar-refractivity contribution in [2.75, 3.05) is 7.11 Å². The molecule has 0 saturated carbocycles. The molecule has 0 aliphatic heterocycles. The zero-order valence-electron chi connectivity index (χ0n) is 6.37. The van der Waals surface area contributed by atoms with Crippen LogP contribution in [-0.4, -0.2) is 12.1 Å². The molecule has 0 aromatic carbocycles. The average Bonchev–Trinajstić information content (AvgIpc) is 2.48. The molecule has 0 N–H and O–H groups in total. The number of nitrogens with zero attached hydrogens (tertiary/aromatic N) is 1. The minimum Gasteiger partial charge on any atom is -0.480 e. The Kier molecular flexibility index (Phi) is 1.77. The zero-order valence-corrected chi connectivity index (χ0v) is 7.96. The van der Waals surface area contributed by atoms with Crippen molar-refractivity contribution in [1.29, 1.82) is 0 Å². The molecule has 12 heavy (non-hydrogen) atoms. The zero-order chi connectivity index (χ0) is 8.55. The van der Waals surface area contributed by atoms with E-state index in [4.69, 9.17) is 9.15 Å². The molecule has 2 rings (SSSR count). The van der Waals surface area contributed by atoms with Crippen LogP contribution < -0.4 is 4.74 Å². The van der Waals surface area contributed by atoms with Gasteiger partial charge in [-0.15, -0.1) is 0 Å². The molecule has 3 nitrogen and oxygen atoms in total. The van der Waals surface area contributed by atoms with E-state index in [-0.39, 0.29) is 0 Å². The maximum atomic E-state index is 5.22. The van der Waals surface area contributed by atoms with Gasteiger partial charge in [0.05, 0.1) is 17.0 Å². The number of hydrogen-bond acceptors (Lipinski definition) is 3. The maximum Gasteiger partial charge on any atom is 0.225 e. The second-order valence-corrected chi connectivity index (χ2v) is 3.13. The summed E-state index contributed by atoms with van der Waals surface area (Å²) < 4.78 is 11.2. The van der Waals surface area contributed by atoms with Gasteiger partial charge in [0.2, 0.25) is 5.88 Å². The fourth-order valence-electron chi connectivity index (χ4n) is 1.07. The third kappa shape index (κ3) is 0.992. The van der Waals surface area contributed by atoms with E-state index in [1.54, 1.807) is 25.6 Å². The van der Waals surface area contributed by atoms with Gasteiger partial charge in [-0.3, -0.25) is 0 Å². The summed E-state index contributed by atoms with van der Waals surface area (Å²) in [6.45, 7) is 0. The highest BCUT2D eigenvalue weighted by Crippen LogP contribution is 2.31. The van der Waals surface area contributed by atoms with Gasteiger partial charge < -0.3 is 9.15 Å². The number of halogens is 1. The first-order valence-electron chi connectivity index (χ1n) is 3.38. The van der Waals surface area contributed by atoms with E-state index in [0.29, 0.717) is 5.88 Å². The molecule has 0 aliphatic rings. The first-order chi connectivity index (χ1) is 5.83. The molecule has 0 unspecified atom stereocenters. The van der Waals surface area contributed by atoms with E-state index < -0.39 is 0 Å². The maximum absolute atomic E-state index is 5.22. The summed E-state index contributed by atoms with van der Waals surface area (Å²) in [6, 6.07) is 1.79. The molecule has 2 heterocycles. The molecular formula is C8H6BrNO2. The number of aromatic nitrogens is 1. The molecule has 0 amide bonds. The summed E-state index contributed by atoms with van der Waals surface area (Å²) in [6.07, 6.45) is 3.27. The Bertz CT molecular complexity index is 410. The summed E-state index contributed by atoms with van der Waals surface area (Å²) in [5.41, 5.74) is 0.772. The minimum absolute atomic E-state index is 0.577. The number of fused-ring (bicyclic) bond motifs is 1. The van der Waals surface area contributed by atoms with E-state index in [1.165, 1.54) is 0 Å². The van der Waals surface area contributed by atoms with Crippen molar-refractivity contribution in [3.05, 3.63) is 23.0 Å². The highest BCUT2D eigenvalue weighted by atomic mass is 79.9. The highest BCUT2D eigenvalue weighted by molar-refractivity contribution is 9.10. The largest absolute Gasteiger partial charge is 0.480 e. The number of furan rings is 1. The Morgan fingerprint density at radius 1 is 1.58 bits per heavy atom. The molecule has 4 heteroatoms. The molecular weight excluding hydrogens is 222 g/mol. The number of ether oxygens (including phenoxy) is 1. The van der Waals surface area contributed by atoms with E-state index in [0.717, 1.165) is 15.4 Å². The Morgan fingerprint density at radius 3 is 3.17 bits per heavy atom. The predicted octanol–water partition coefficient (Wildman–Crippen LogP) is 2.60. The Hall–Kier alpha value is -1.03. The van der Waals surface area contributed by atoms with Crippen LogP contribution in [0.5, 0.6) is 5.88 Å². The van der Waals surface area contributed by atoms with Gasteiger partial charge >= 0.3 is 0 Å². The van der Waals surface area contributed by atoms with Crippen molar-refractivity contribution in [2.24, 2.45) is 0 Å². The van der Waals surface area contributed by atoms with E-state index in [9.17, 15) is 0 Å². The number of hydrogen-bond donors (Lipinski definition) is 0. The lowest BCUT2D eigenvalue weighted by Gasteiger charge is -1.97. The summed E-state index contributed by atoms with van der Waals surface area (Å²) in [5.74, 6) is 0.577. The smallest absolute Gasteiger partial charge is 0.225 e. The third-order valence-electron chi connectivity index (χ3n) is 1.60. The van der Waals surface area contributed by atoms with Crippen LogP contribution in [0, 0.1) is 0 Å². The van der Waals surface area contributed by atoms with Gasteiger partial charge in [0.1, 0.15) is 11.8 Å². The predicted molar refractivity (Wildman–Crippen MR) is 48.3 cm³/mol. The lowest BCUT2D eigenvalue weighted by Crippen LogP contribution is -1.86. The monoisotopic (exact) mass is 227 g/mol. The Labute approximate surface area is 77.5 Å². The molecule has 0 radical (unpaired) electrons. The van der Waals surface area contributed by atoms with E-state index in [1.807, 2.05) is 0 Å². The first kappa shape index (κ1) is 7.61. The van der Waals surface area contributed by atoms with Crippen molar-refractivity contribution in [1.82, 2.24) is 4.98 Å². The molecule has 2 aromatic rings. The van der Waals surface area contributed by atoms with E-state index in [2.05, 4.69) is 20.9 Å². The van der Waals surface area contributed by atoms with Gasteiger partial charge in [-0.05, 0) is 15.9 Å². The minimum atomic E-state index is 0.577. The van der Waals surface area contributed by atoms with Crippen LogP contribution in [0.4, 0.5) is 0 Å². The van der Waals surface area contributed by atoms with Crippen molar-refractivity contribution in [3.8, 4) is 5.88 Å². The Morgan fingerprint density at radius 2 is 2.42 bits per heavy atom. The number of pyridine rings is 1. The second-order valence-electron chi connectivity index (χ2n) is 2.28. The van der Waals surface area contributed by atoms with Crippen molar-refractivity contribution in [2.45, 2.75) is 0 Å². The van der Waals surface area contributed by atoms with Crippen LogP contribution >= 0.6 is 15.9 Å². The summed E-state index contributed by atoms with van der Waals surface area (Å²) in [5, 5.41) is 0.875. The van der Waals surface area contributed by atoms with Crippen LogP contribution in [0.2, 0.25) is 0 Å². The summed E-state index contributed by atoms with van der Waals surface area (Å²) in [4.78, 5) is 4.05. The molecule has 0 fully saturated rings. The third-order valence-corrected chi connectivity index (χ3v) is 2.18. The fraction of sp³-hybridized carbons (Fsp3) is 0.125. The molecule has 0 saturated heterocycles. The van der Waals surface area contributed by atoms with E-state index >= 15 is 0 Å². The number of rotatable bonds is 1. The quantitative estimate of drug-likeness (QED) is 0.752. The summed E-state index contributed by atoms with van der Waals surface area (Å²) in [7, 11) is 1.58. The number of methoxy groups -OCH3 is 1. The van der Waals surface area contributed by atoms with Crippen molar-refractivity contribution in [3.63, 3.8) is 0 Å². The van der Waals surface area contributed by atoms with Crippen LogP contribution in [0.15, 0.2) is 27.4 Å². The summed E-state index contributed by atoms with van der Waals surface area (Å²) >= 11 is 3.34. The van der Waals surface area contributed by atoms with Crippen LogP contribution in [-0.2, 0) is 0 Å². The topological polar surface area (TPSA) is 35.3 Å². The van der Waals surface area contributed by atoms with Crippen LogP contribution in [0.25, 0.3) is 11.0 Å². The lowest BCUT2D eigenvalue weighted by molar-refractivity contribution is 0.403. The molecule has 0 bridgehead atoms. The van der Waals surface area contributed by atoms with Gasteiger partial charge in [0.15, 0.2) is 0 Å². The molecule has 0 spiro atoms. The van der Waals surface area contributed by atoms with Gasteiger partial charge in [0, 0.05) is 12.3 Å². The second kappa shape index (κ2) is 2.79. The van der Waals surface area contributed by atoms with Gasteiger partial charge in [0.25, 0.3) is 0 Å². The standard InChI is InChI=1S/C8H6BrNO2/c1-11-8-7-5(9)4-12-6(7)2-3-10-8/h2-4H,1H3. The van der Waals surface area contributed by atoms with Crippen molar-refractivity contribution >= 4 is 26.9 Å². The molecule has 62 valence electrons. The molecule has 0 atom stereocenters. The van der Waals surface area contributed by atoms with Gasteiger partial charge in [-0.2, -0.15) is 0 Å². The lowest BCUT2D eigenvalue weighted by atomic mass is 10.3. The van der Waals surface area contributed by atoms with Gasteiger partial charge in [-0.1, -0.05) is 0 Å². The Balaban J connectivity index is 2.84. The normalized spacial score (nSPS) is 10.5. The van der Waals surface area contributed by atoms with Crippen LogP contribution in [0.3, 0.4) is 0 Å². The molecule has 2 aromatic heterocycles. The van der Waals surface area contributed by atoms with Gasteiger partial charge in [-0.25, -0.2) is 4.98 Å².